The van der Waals surface area contributed by atoms with E-state index in [4.69, 9.17) is 39.4 Å². The van der Waals surface area contributed by atoms with Crippen molar-refractivity contribution in [2.24, 2.45) is 0 Å². The molecule has 0 aromatic heterocycles. The maximum atomic E-state index is 13.3. The molecule has 0 aromatic rings. The van der Waals surface area contributed by atoms with Gasteiger partial charge in [0.2, 0.25) is 13.6 Å². The zero-order valence-electron chi connectivity index (χ0n) is 22.6. The number of aliphatic hydroxyl groups is 2. The SMILES string of the molecule is C=C1NC(=O)C=CN1[C@@H]1O[C@](CCl)(COP(=O)(OCOC(=O)OC(C)C)OCOC(=O)OC(C)C)[C@@H](O)[C@@]1(C)O. The number of amides is 1. The van der Waals surface area contributed by atoms with E-state index in [9.17, 15) is 29.2 Å². The molecule has 0 radical (unpaired) electrons. The Hall–Kier alpha value is -2.43. The number of hydrogen-bond acceptors (Lipinski definition) is 15. The highest BCUT2D eigenvalue weighted by Gasteiger charge is 2.63. The van der Waals surface area contributed by atoms with Crippen LogP contribution in [0.4, 0.5) is 9.59 Å². The minimum absolute atomic E-state index is 0.0319. The Morgan fingerprint density at radius 1 is 1.15 bits per heavy atom. The summed E-state index contributed by atoms with van der Waals surface area (Å²) in [5, 5.41) is 24.6. The molecule has 16 nitrogen and oxygen atoms in total. The monoisotopic (exact) mass is 616 g/mol. The van der Waals surface area contributed by atoms with Gasteiger partial charge in [-0.1, -0.05) is 6.58 Å². The molecule has 1 amide bonds. The number of carbonyl (C=O) groups is 3. The molecular weight excluding hydrogens is 583 g/mol. The molecule has 0 saturated carbocycles. The molecule has 1 fully saturated rings. The lowest BCUT2D eigenvalue weighted by Crippen LogP contribution is -2.55. The molecule has 1 saturated heterocycles. The number of aliphatic hydroxyl groups excluding tert-OH is 1. The highest BCUT2D eigenvalue weighted by Crippen LogP contribution is 2.52. The number of hydrogen-bond donors (Lipinski definition) is 3. The lowest BCUT2D eigenvalue weighted by Gasteiger charge is -2.37. The zero-order valence-corrected chi connectivity index (χ0v) is 24.2. The summed E-state index contributed by atoms with van der Waals surface area (Å²) >= 11 is 6.12. The van der Waals surface area contributed by atoms with Gasteiger partial charge in [-0.15, -0.1) is 11.6 Å². The van der Waals surface area contributed by atoms with E-state index >= 15 is 0 Å². The van der Waals surface area contributed by atoms with Crippen molar-refractivity contribution < 1.29 is 66.4 Å². The average Bonchev–Trinajstić information content (AvgIpc) is 3.03. The van der Waals surface area contributed by atoms with Gasteiger partial charge in [0.1, 0.15) is 23.1 Å². The van der Waals surface area contributed by atoms with Gasteiger partial charge in [0.05, 0.1) is 24.7 Å². The van der Waals surface area contributed by atoms with Gasteiger partial charge < -0.3 is 44.1 Å². The quantitative estimate of drug-likeness (QED) is 0.117. The van der Waals surface area contributed by atoms with Crippen molar-refractivity contribution in [3.05, 3.63) is 24.7 Å². The lowest BCUT2D eigenvalue weighted by atomic mass is 9.88. The van der Waals surface area contributed by atoms with Gasteiger partial charge in [-0.3, -0.25) is 9.32 Å². The first-order valence-corrected chi connectivity index (χ1v) is 13.9. The molecule has 2 rings (SSSR count). The topological polar surface area (TPSA) is 198 Å². The van der Waals surface area contributed by atoms with E-state index in [1.165, 1.54) is 18.0 Å². The summed E-state index contributed by atoms with van der Waals surface area (Å²) in [7, 11) is -4.75. The molecule has 2 heterocycles. The molecule has 2 aliphatic heterocycles. The van der Waals surface area contributed by atoms with Crippen molar-refractivity contribution in [1.82, 2.24) is 10.2 Å². The van der Waals surface area contributed by atoms with E-state index < -0.39 is 87.9 Å². The van der Waals surface area contributed by atoms with Gasteiger partial charge in [-0.2, -0.15) is 0 Å². The molecule has 4 atom stereocenters. The minimum Gasteiger partial charge on any atom is -0.432 e. The normalized spacial score (nSPS) is 26.7. The number of nitrogens with zero attached hydrogens (tertiary/aromatic N) is 1. The standard InChI is InChI=1S/C22H34ClN2O14P/c1-13(2)37-19(28)32-11-35-40(31,36-12-33-20(29)38-14(3)4)34-10-22(9-23)17(27)21(6,30)18(39-22)25-8-7-16(26)24-15(25)5/h7-8,13-14,17-18,27,30H,5,9-12H2,1-4,6H3,(H,24,26)/t17-,18+,21+,22+/m0/s1. The zero-order chi connectivity index (χ0) is 30.3. The van der Waals surface area contributed by atoms with Crippen molar-refractivity contribution in [3.63, 3.8) is 0 Å². The van der Waals surface area contributed by atoms with Crippen LogP contribution in [0.25, 0.3) is 0 Å². The smallest absolute Gasteiger partial charge is 0.432 e. The Bertz CT molecular complexity index is 989. The third kappa shape index (κ3) is 8.78. The summed E-state index contributed by atoms with van der Waals surface area (Å²) in [5.41, 5.74) is -3.96. The number of rotatable bonds is 13. The Kier molecular flexibility index (Phi) is 11.8. The van der Waals surface area contributed by atoms with E-state index in [0.717, 1.165) is 6.08 Å². The summed E-state index contributed by atoms with van der Waals surface area (Å²) < 4.78 is 53.4. The van der Waals surface area contributed by atoms with E-state index in [1.54, 1.807) is 27.7 Å². The first-order valence-electron chi connectivity index (χ1n) is 11.9. The maximum absolute atomic E-state index is 13.3. The fourth-order valence-electron chi connectivity index (χ4n) is 3.41. The molecule has 0 bridgehead atoms. The molecule has 228 valence electrons. The van der Waals surface area contributed by atoms with Crippen molar-refractivity contribution in [2.75, 3.05) is 26.1 Å². The molecular formula is C22H34ClN2O14P. The van der Waals surface area contributed by atoms with Gasteiger partial charge in [0.15, 0.2) is 6.23 Å². The van der Waals surface area contributed by atoms with Crippen LogP contribution in [0, 0.1) is 0 Å². The fourth-order valence-corrected chi connectivity index (χ4v) is 4.66. The van der Waals surface area contributed by atoms with Gasteiger partial charge in [0, 0.05) is 12.3 Å². The molecule has 0 aliphatic carbocycles. The van der Waals surface area contributed by atoms with E-state index in [-0.39, 0.29) is 5.82 Å². The van der Waals surface area contributed by atoms with Gasteiger partial charge in [-0.25, -0.2) is 23.2 Å². The molecule has 3 N–H and O–H groups in total. The number of halogens is 1. The Morgan fingerprint density at radius 3 is 2.12 bits per heavy atom. The third-order valence-corrected chi connectivity index (χ3v) is 6.99. The molecule has 0 aromatic carbocycles. The second-order valence-electron chi connectivity index (χ2n) is 9.29. The number of carbonyl (C=O) groups excluding carboxylic acids is 3. The van der Waals surface area contributed by atoms with Gasteiger partial charge in [-0.05, 0) is 34.6 Å². The van der Waals surface area contributed by atoms with Gasteiger partial charge >= 0.3 is 20.1 Å². The van der Waals surface area contributed by atoms with Crippen LogP contribution in [0.3, 0.4) is 0 Å². The highest BCUT2D eigenvalue weighted by atomic mass is 35.5. The molecule has 0 spiro atoms. The Morgan fingerprint density at radius 2 is 1.68 bits per heavy atom. The van der Waals surface area contributed by atoms with E-state index in [2.05, 4.69) is 21.4 Å². The summed E-state index contributed by atoms with van der Waals surface area (Å²) in [6.07, 6.45) is -4.02. The first-order chi connectivity index (χ1) is 18.5. The fraction of sp³-hybridized carbons (Fsp3) is 0.682. The summed E-state index contributed by atoms with van der Waals surface area (Å²) in [5.74, 6) is -0.948. The van der Waals surface area contributed by atoms with Crippen LogP contribution in [0.15, 0.2) is 24.7 Å². The van der Waals surface area contributed by atoms with Crippen molar-refractivity contribution in [3.8, 4) is 0 Å². The highest BCUT2D eigenvalue weighted by molar-refractivity contribution is 7.48. The number of alkyl halides is 1. The lowest BCUT2D eigenvalue weighted by molar-refractivity contribution is -0.136. The number of phosphoric acid groups is 1. The van der Waals surface area contributed by atoms with E-state index in [1.807, 2.05) is 0 Å². The Balaban J connectivity index is 2.19. The van der Waals surface area contributed by atoms with Crippen LogP contribution in [0.1, 0.15) is 34.6 Å². The van der Waals surface area contributed by atoms with Crippen molar-refractivity contribution >= 4 is 37.6 Å². The maximum Gasteiger partial charge on any atom is 0.510 e. The summed E-state index contributed by atoms with van der Waals surface area (Å²) in [4.78, 5) is 36.1. The number of phosphoric ester groups is 1. The van der Waals surface area contributed by atoms with Crippen LogP contribution in [0.2, 0.25) is 0 Å². The molecule has 18 heteroatoms. The van der Waals surface area contributed by atoms with Crippen molar-refractivity contribution in [2.45, 2.75) is 70.4 Å². The summed E-state index contributed by atoms with van der Waals surface area (Å²) in [6.45, 7) is 8.42. The van der Waals surface area contributed by atoms with Crippen LogP contribution >= 0.6 is 19.4 Å². The predicted octanol–water partition coefficient (Wildman–Crippen LogP) is 2.05. The number of nitrogens with one attached hydrogen (secondary N) is 1. The second-order valence-corrected chi connectivity index (χ2v) is 11.2. The van der Waals surface area contributed by atoms with Crippen LogP contribution in [-0.4, -0.2) is 95.1 Å². The predicted molar refractivity (Wildman–Crippen MR) is 134 cm³/mol. The second kappa shape index (κ2) is 14.0. The van der Waals surface area contributed by atoms with E-state index in [0.29, 0.717) is 0 Å². The minimum atomic E-state index is -4.75. The Labute approximate surface area is 235 Å². The van der Waals surface area contributed by atoms with Gasteiger partial charge in [0.25, 0.3) is 5.91 Å². The van der Waals surface area contributed by atoms with Crippen LogP contribution < -0.4 is 5.32 Å². The third-order valence-electron chi connectivity index (χ3n) is 5.25. The summed E-state index contributed by atoms with van der Waals surface area (Å²) in [6, 6.07) is 0. The molecule has 2 aliphatic rings. The van der Waals surface area contributed by atoms with Crippen LogP contribution in [-0.2, 0) is 46.6 Å². The van der Waals surface area contributed by atoms with Crippen molar-refractivity contribution in [1.29, 1.82) is 0 Å². The average molecular weight is 617 g/mol. The molecule has 0 unspecified atom stereocenters. The molecule has 40 heavy (non-hydrogen) atoms. The first kappa shape index (κ1) is 33.8. The largest absolute Gasteiger partial charge is 0.510 e. The van der Waals surface area contributed by atoms with Crippen LogP contribution in [0.5, 0.6) is 0 Å². The number of ether oxygens (including phenoxy) is 5.